The van der Waals surface area contributed by atoms with Gasteiger partial charge in [-0.05, 0) is 49.6 Å². The van der Waals surface area contributed by atoms with E-state index in [4.69, 9.17) is 0 Å². The topological polar surface area (TPSA) is 29.9 Å². The number of benzene rings is 1. The van der Waals surface area contributed by atoms with E-state index in [0.717, 1.165) is 18.5 Å². The Labute approximate surface area is 113 Å². The van der Waals surface area contributed by atoms with Gasteiger partial charge in [-0.2, -0.15) is 5.10 Å². The second kappa shape index (κ2) is 5.97. The fourth-order valence-corrected chi connectivity index (χ4v) is 2.03. The number of hydrogen-bond donors (Lipinski definition) is 1. The van der Waals surface area contributed by atoms with Gasteiger partial charge in [0.1, 0.15) is 5.82 Å². The molecule has 4 heteroatoms. The molecule has 1 atom stereocenters. The van der Waals surface area contributed by atoms with Crippen molar-refractivity contribution in [2.75, 3.05) is 6.54 Å². The number of halogens is 1. The molecule has 0 aliphatic heterocycles. The number of hydrogen-bond acceptors (Lipinski definition) is 2. The summed E-state index contributed by atoms with van der Waals surface area (Å²) in [6.45, 7) is 4.68. The molecule has 0 saturated carbocycles. The zero-order valence-corrected chi connectivity index (χ0v) is 11.7. The maximum atomic E-state index is 13.5. The van der Waals surface area contributed by atoms with Crippen molar-refractivity contribution in [2.24, 2.45) is 7.05 Å². The molecule has 1 N–H and O–H groups in total. The van der Waals surface area contributed by atoms with Crippen LogP contribution in [0.4, 0.5) is 4.39 Å². The molecule has 19 heavy (non-hydrogen) atoms. The highest BCUT2D eigenvalue weighted by molar-refractivity contribution is 5.25. The van der Waals surface area contributed by atoms with Crippen molar-refractivity contribution >= 4 is 0 Å². The summed E-state index contributed by atoms with van der Waals surface area (Å²) in [4.78, 5) is 0. The van der Waals surface area contributed by atoms with E-state index >= 15 is 0 Å². The first-order chi connectivity index (χ1) is 9.06. The van der Waals surface area contributed by atoms with E-state index in [1.807, 2.05) is 38.5 Å². The second-order valence-electron chi connectivity index (χ2n) is 4.96. The first-order valence-electron chi connectivity index (χ1n) is 6.53. The monoisotopic (exact) mass is 261 g/mol. The molecule has 102 valence electrons. The molecule has 0 aliphatic carbocycles. The number of aryl methyl sites for hydroxylation is 2. The summed E-state index contributed by atoms with van der Waals surface area (Å²) in [6.07, 6.45) is 4.81. The minimum Gasteiger partial charge on any atom is -0.310 e. The van der Waals surface area contributed by atoms with Crippen molar-refractivity contribution in [3.8, 4) is 0 Å². The lowest BCUT2D eigenvalue weighted by molar-refractivity contribution is 0.565. The smallest absolute Gasteiger partial charge is 0.126 e. The van der Waals surface area contributed by atoms with Gasteiger partial charge in [0.15, 0.2) is 0 Å². The highest BCUT2D eigenvalue weighted by Gasteiger charge is 2.07. The van der Waals surface area contributed by atoms with E-state index in [0.29, 0.717) is 5.56 Å². The Morgan fingerprint density at radius 2 is 2.21 bits per heavy atom. The SMILES string of the molecule is Cc1ccc(C(C)NCCc2cnn(C)c2)cc1F. The lowest BCUT2D eigenvalue weighted by Gasteiger charge is -2.14. The lowest BCUT2D eigenvalue weighted by Crippen LogP contribution is -2.21. The molecule has 0 fully saturated rings. The van der Waals surface area contributed by atoms with Crippen LogP contribution < -0.4 is 5.32 Å². The van der Waals surface area contributed by atoms with E-state index in [-0.39, 0.29) is 11.9 Å². The summed E-state index contributed by atoms with van der Waals surface area (Å²) >= 11 is 0. The van der Waals surface area contributed by atoms with E-state index in [9.17, 15) is 4.39 Å². The first kappa shape index (κ1) is 13.7. The largest absolute Gasteiger partial charge is 0.310 e. The average molecular weight is 261 g/mol. The molecule has 0 amide bonds. The van der Waals surface area contributed by atoms with Gasteiger partial charge < -0.3 is 5.32 Å². The van der Waals surface area contributed by atoms with E-state index in [1.165, 1.54) is 5.56 Å². The van der Waals surface area contributed by atoms with Crippen LogP contribution in [0.15, 0.2) is 30.6 Å². The van der Waals surface area contributed by atoms with Gasteiger partial charge in [0.05, 0.1) is 6.20 Å². The quantitative estimate of drug-likeness (QED) is 0.897. The third-order valence-electron chi connectivity index (χ3n) is 3.32. The number of nitrogens with zero attached hydrogens (tertiary/aromatic N) is 2. The van der Waals surface area contributed by atoms with Crippen LogP contribution in [-0.4, -0.2) is 16.3 Å². The number of nitrogens with one attached hydrogen (secondary N) is 1. The summed E-state index contributed by atoms with van der Waals surface area (Å²) in [5.74, 6) is -0.140. The Morgan fingerprint density at radius 1 is 1.42 bits per heavy atom. The van der Waals surface area contributed by atoms with Crippen molar-refractivity contribution < 1.29 is 4.39 Å². The Kier molecular flexibility index (Phi) is 4.32. The Morgan fingerprint density at radius 3 is 2.84 bits per heavy atom. The summed E-state index contributed by atoms with van der Waals surface area (Å²) in [5, 5.41) is 7.53. The maximum Gasteiger partial charge on any atom is 0.126 e. The fourth-order valence-electron chi connectivity index (χ4n) is 2.03. The third kappa shape index (κ3) is 3.64. The zero-order valence-electron chi connectivity index (χ0n) is 11.7. The van der Waals surface area contributed by atoms with Crippen molar-refractivity contribution in [1.82, 2.24) is 15.1 Å². The van der Waals surface area contributed by atoms with E-state index < -0.39 is 0 Å². The molecule has 3 nitrogen and oxygen atoms in total. The summed E-state index contributed by atoms with van der Waals surface area (Å²) in [6, 6.07) is 5.55. The van der Waals surface area contributed by atoms with E-state index in [1.54, 1.807) is 17.7 Å². The molecule has 0 saturated heterocycles. The molecular weight excluding hydrogens is 241 g/mol. The first-order valence-corrected chi connectivity index (χ1v) is 6.53. The molecule has 0 aliphatic rings. The minimum atomic E-state index is -0.140. The number of rotatable bonds is 5. The summed E-state index contributed by atoms with van der Waals surface area (Å²) in [7, 11) is 1.91. The molecule has 1 aromatic carbocycles. The van der Waals surface area contributed by atoms with Crippen LogP contribution in [0.1, 0.15) is 29.7 Å². The predicted octanol–water partition coefficient (Wildman–Crippen LogP) is 2.76. The molecule has 1 heterocycles. The molecule has 1 aromatic heterocycles. The standard InChI is InChI=1S/C15H20FN3/c1-11-4-5-14(8-15(11)16)12(2)17-7-6-13-9-18-19(3)10-13/h4-5,8-10,12,17H,6-7H2,1-3H3. The van der Waals surface area contributed by atoms with Gasteiger partial charge in [-0.25, -0.2) is 4.39 Å². The van der Waals surface area contributed by atoms with Crippen LogP contribution in [-0.2, 0) is 13.5 Å². The van der Waals surface area contributed by atoms with Crippen LogP contribution in [0.5, 0.6) is 0 Å². The third-order valence-corrected chi connectivity index (χ3v) is 3.32. The van der Waals surface area contributed by atoms with Crippen molar-refractivity contribution in [3.63, 3.8) is 0 Å². The molecule has 0 bridgehead atoms. The van der Waals surface area contributed by atoms with Crippen molar-refractivity contribution in [2.45, 2.75) is 26.3 Å². The lowest BCUT2D eigenvalue weighted by atomic mass is 10.1. The van der Waals surface area contributed by atoms with E-state index in [2.05, 4.69) is 10.4 Å². The Hall–Kier alpha value is -1.68. The van der Waals surface area contributed by atoms with Crippen molar-refractivity contribution in [1.29, 1.82) is 0 Å². The highest BCUT2D eigenvalue weighted by atomic mass is 19.1. The maximum absolute atomic E-state index is 13.5. The van der Waals surface area contributed by atoms with Gasteiger partial charge in [0, 0.05) is 19.3 Å². The predicted molar refractivity (Wildman–Crippen MR) is 74.5 cm³/mol. The second-order valence-corrected chi connectivity index (χ2v) is 4.96. The normalized spacial score (nSPS) is 12.6. The average Bonchev–Trinajstić information content (AvgIpc) is 2.78. The van der Waals surface area contributed by atoms with Gasteiger partial charge in [-0.1, -0.05) is 12.1 Å². The fraction of sp³-hybridized carbons (Fsp3) is 0.400. The molecule has 1 unspecified atom stereocenters. The molecule has 0 radical (unpaired) electrons. The molecular formula is C15H20FN3. The van der Waals surface area contributed by atoms with Crippen LogP contribution in [0.3, 0.4) is 0 Å². The van der Waals surface area contributed by atoms with Gasteiger partial charge in [-0.15, -0.1) is 0 Å². The molecule has 0 spiro atoms. The minimum absolute atomic E-state index is 0.140. The summed E-state index contributed by atoms with van der Waals surface area (Å²) in [5.41, 5.74) is 2.87. The van der Waals surface area contributed by atoms with Crippen LogP contribution >= 0.6 is 0 Å². The van der Waals surface area contributed by atoms with Crippen LogP contribution in [0.2, 0.25) is 0 Å². The molecule has 2 rings (SSSR count). The molecule has 2 aromatic rings. The van der Waals surface area contributed by atoms with Crippen molar-refractivity contribution in [3.05, 3.63) is 53.1 Å². The Bertz CT molecular complexity index is 548. The van der Waals surface area contributed by atoms with Crippen LogP contribution in [0, 0.1) is 12.7 Å². The highest BCUT2D eigenvalue weighted by Crippen LogP contribution is 2.16. The zero-order chi connectivity index (χ0) is 13.8. The van der Waals surface area contributed by atoms with Gasteiger partial charge in [-0.3, -0.25) is 4.68 Å². The van der Waals surface area contributed by atoms with Crippen LogP contribution in [0.25, 0.3) is 0 Å². The van der Waals surface area contributed by atoms with Gasteiger partial charge >= 0.3 is 0 Å². The number of aromatic nitrogens is 2. The van der Waals surface area contributed by atoms with Gasteiger partial charge in [0.2, 0.25) is 0 Å². The Balaban J connectivity index is 1.86. The van der Waals surface area contributed by atoms with Gasteiger partial charge in [0.25, 0.3) is 0 Å². The summed E-state index contributed by atoms with van der Waals surface area (Å²) < 4.78 is 15.3.